The third-order valence-corrected chi connectivity index (χ3v) is 5.74. The summed E-state index contributed by atoms with van der Waals surface area (Å²) in [6.07, 6.45) is 0.580. The first-order chi connectivity index (χ1) is 16.8. The van der Waals surface area contributed by atoms with Crippen LogP contribution in [0, 0.1) is 0 Å². The summed E-state index contributed by atoms with van der Waals surface area (Å²) in [5, 5.41) is 4.06. The second kappa shape index (κ2) is 8.86. The summed E-state index contributed by atoms with van der Waals surface area (Å²) in [5.41, 5.74) is 2.93. The largest absolute Gasteiger partial charge is 0.416 e. The Kier molecular flexibility index (Phi) is 5.72. The van der Waals surface area contributed by atoms with Gasteiger partial charge in [0.15, 0.2) is 11.5 Å². The van der Waals surface area contributed by atoms with Crippen molar-refractivity contribution < 1.29 is 22.5 Å². The normalized spacial score (nSPS) is 13.9. The van der Waals surface area contributed by atoms with Crippen molar-refractivity contribution >= 4 is 17.2 Å². The molecule has 3 aromatic heterocycles. The van der Waals surface area contributed by atoms with Gasteiger partial charge in [-0.15, -0.1) is 0 Å². The van der Waals surface area contributed by atoms with E-state index in [-0.39, 0.29) is 30.2 Å². The highest BCUT2D eigenvalue weighted by Gasteiger charge is 2.32. The third-order valence-electron chi connectivity index (χ3n) is 5.74. The molecule has 0 radical (unpaired) electrons. The SMILES string of the molecule is C[C@H](CC(=O)c1cc(-c2cccnc2)ncn1)c1cc(C2=Nc3ccc(C(F)(F)F)cc3C2)on1. The maximum atomic E-state index is 13.0. The van der Waals surface area contributed by atoms with E-state index in [4.69, 9.17) is 4.52 Å². The Morgan fingerprint density at radius 3 is 2.77 bits per heavy atom. The lowest BCUT2D eigenvalue weighted by Gasteiger charge is -2.07. The average molecular weight is 477 g/mol. The van der Waals surface area contributed by atoms with Gasteiger partial charge in [-0.25, -0.2) is 15.0 Å². The molecule has 35 heavy (non-hydrogen) atoms. The number of alkyl halides is 3. The number of carbonyl (C=O) groups is 1. The summed E-state index contributed by atoms with van der Waals surface area (Å²) >= 11 is 0. The molecule has 1 aliphatic heterocycles. The highest BCUT2D eigenvalue weighted by Crippen LogP contribution is 2.36. The first-order valence-electron chi connectivity index (χ1n) is 10.8. The number of fused-ring (bicyclic) bond motifs is 1. The highest BCUT2D eigenvalue weighted by atomic mass is 19.4. The first kappa shape index (κ1) is 22.6. The van der Waals surface area contributed by atoms with Gasteiger partial charge < -0.3 is 4.52 Å². The van der Waals surface area contributed by atoms with Gasteiger partial charge in [0.2, 0.25) is 0 Å². The predicted octanol–water partition coefficient (Wildman–Crippen LogP) is 5.60. The standard InChI is InChI=1S/C25H18F3N5O2/c1-14(7-23(34)21-10-20(30-13-31-21)15-3-2-6-29-12-15)19-11-24(35-33-19)22-9-16-8-17(25(26,27)28)4-5-18(16)32-22/h2-6,8,10-14H,7,9H2,1H3/t14-/m1/s1. The van der Waals surface area contributed by atoms with Crippen LogP contribution in [0.3, 0.4) is 0 Å². The van der Waals surface area contributed by atoms with Crippen LogP contribution in [0.2, 0.25) is 0 Å². The van der Waals surface area contributed by atoms with Gasteiger partial charge in [0.05, 0.1) is 28.4 Å². The molecule has 0 amide bonds. The van der Waals surface area contributed by atoms with Crippen LogP contribution in [0.5, 0.6) is 0 Å². The molecular formula is C25H18F3N5O2. The van der Waals surface area contributed by atoms with Crippen LogP contribution >= 0.6 is 0 Å². The molecule has 4 heterocycles. The van der Waals surface area contributed by atoms with Crippen LogP contribution in [-0.4, -0.2) is 31.6 Å². The Labute approximate surface area is 197 Å². The molecule has 1 aliphatic rings. The van der Waals surface area contributed by atoms with Crippen molar-refractivity contribution in [2.45, 2.75) is 31.9 Å². The Morgan fingerprint density at radius 2 is 2.00 bits per heavy atom. The van der Waals surface area contributed by atoms with Crippen LogP contribution in [0.15, 0.2) is 70.7 Å². The number of hydrogen-bond acceptors (Lipinski definition) is 7. The van der Waals surface area contributed by atoms with E-state index < -0.39 is 11.7 Å². The summed E-state index contributed by atoms with van der Waals surface area (Å²) < 4.78 is 44.4. The molecule has 0 fully saturated rings. The molecule has 0 saturated carbocycles. The molecule has 0 saturated heterocycles. The van der Waals surface area contributed by atoms with Gasteiger partial charge in [-0.05, 0) is 42.0 Å². The number of ketones is 1. The Hall–Kier alpha value is -4.21. The Bertz CT molecular complexity index is 1430. The topological polar surface area (TPSA) is 94.1 Å². The lowest BCUT2D eigenvalue weighted by Crippen LogP contribution is -2.08. The van der Waals surface area contributed by atoms with Crippen molar-refractivity contribution in [1.29, 1.82) is 0 Å². The van der Waals surface area contributed by atoms with Gasteiger partial charge in [0, 0.05) is 42.8 Å². The van der Waals surface area contributed by atoms with Gasteiger partial charge in [-0.3, -0.25) is 9.78 Å². The number of nitrogens with zero attached hydrogens (tertiary/aromatic N) is 5. The number of carbonyl (C=O) groups excluding carboxylic acids is 1. The van der Waals surface area contributed by atoms with Crippen LogP contribution < -0.4 is 0 Å². The summed E-state index contributed by atoms with van der Waals surface area (Å²) in [6, 6.07) is 10.4. The van der Waals surface area contributed by atoms with E-state index in [0.717, 1.165) is 17.7 Å². The first-order valence-corrected chi connectivity index (χ1v) is 10.8. The molecule has 7 nitrogen and oxygen atoms in total. The number of aromatic nitrogens is 4. The van der Waals surface area contributed by atoms with Crippen molar-refractivity contribution in [2.75, 3.05) is 0 Å². The van der Waals surface area contributed by atoms with Crippen molar-refractivity contribution in [2.24, 2.45) is 4.99 Å². The molecule has 0 aliphatic carbocycles. The molecule has 0 unspecified atom stereocenters. The van der Waals surface area contributed by atoms with Crippen molar-refractivity contribution in [1.82, 2.24) is 20.1 Å². The van der Waals surface area contributed by atoms with E-state index in [1.54, 1.807) is 30.6 Å². The lowest BCUT2D eigenvalue weighted by molar-refractivity contribution is -0.137. The Morgan fingerprint density at radius 1 is 1.14 bits per heavy atom. The lowest BCUT2D eigenvalue weighted by atomic mass is 9.98. The van der Waals surface area contributed by atoms with Gasteiger partial charge in [0.25, 0.3) is 0 Å². The third kappa shape index (κ3) is 4.72. The van der Waals surface area contributed by atoms with Gasteiger partial charge in [-0.1, -0.05) is 12.1 Å². The van der Waals surface area contributed by atoms with E-state index in [9.17, 15) is 18.0 Å². The summed E-state index contributed by atoms with van der Waals surface area (Å²) in [5.74, 6) is -0.0946. The van der Waals surface area contributed by atoms with Gasteiger partial charge in [-0.2, -0.15) is 13.2 Å². The molecule has 0 bridgehead atoms. The van der Waals surface area contributed by atoms with E-state index in [1.807, 2.05) is 13.0 Å². The van der Waals surface area contributed by atoms with Crippen LogP contribution in [-0.2, 0) is 12.6 Å². The van der Waals surface area contributed by atoms with Gasteiger partial charge in [0.1, 0.15) is 12.0 Å². The van der Waals surface area contributed by atoms with Gasteiger partial charge >= 0.3 is 6.18 Å². The molecular weight excluding hydrogens is 459 g/mol. The summed E-state index contributed by atoms with van der Waals surface area (Å²) in [4.78, 5) is 29.6. The molecule has 10 heteroatoms. The number of hydrogen-bond donors (Lipinski definition) is 0. The summed E-state index contributed by atoms with van der Waals surface area (Å²) in [7, 11) is 0. The smallest absolute Gasteiger partial charge is 0.355 e. The van der Waals surface area contributed by atoms with E-state index in [2.05, 4.69) is 25.1 Å². The number of Topliss-reactive ketones (excluding diaryl/α,β-unsaturated/α-hetero) is 1. The quantitative estimate of drug-likeness (QED) is 0.336. The molecule has 1 aromatic carbocycles. The molecule has 1 atom stereocenters. The zero-order chi connectivity index (χ0) is 24.6. The number of aliphatic imine (C=N–C) groups is 1. The fourth-order valence-corrected chi connectivity index (χ4v) is 3.85. The average Bonchev–Trinajstić information content (AvgIpc) is 3.51. The minimum absolute atomic E-state index is 0.136. The second-order valence-electron chi connectivity index (χ2n) is 8.25. The van der Waals surface area contributed by atoms with Crippen LogP contribution in [0.4, 0.5) is 18.9 Å². The summed E-state index contributed by atoms with van der Waals surface area (Å²) in [6.45, 7) is 1.84. The fourth-order valence-electron chi connectivity index (χ4n) is 3.85. The van der Waals surface area contributed by atoms with Crippen molar-refractivity contribution in [3.63, 3.8) is 0 Å². The molecule has 176 valence electrons. The molecule has 0 N–H and O–H groups in total. The predicted molar refractivity (Wildman–Crippen MR) is 120 cm³/mol. The monoisotopic (exact) mass is 477 g/mol. The number of benzene rings is 1. The van der Waals surface area contributed by atoms with Crippen LogP contribution in [0.1, 0.15) is 52.3 Å². The number of pyridine rings is 1. The maximum absolute atomic E-state index is 13.0. The maximum Gasteiger partial charge on any atom is 0.416 e. The minimum atomic E-state index is -4.42. The molecule has 5 rings (SSSR count). The zero-order valence-electron chi connectivity index (χ0n) is 18.5. The van der Waals surface area contributed by atoms with Crippen molar-refractivity contribution in [3.8, 4) is 11.3 Å². The zero-order valence-corrected chi connectivity index (χ0v) is 18.5. The number of rotatable bonds is 6. The van der Waals surface area contributed by atoms with E-state index >= 15 is 0 Å². The van der Waals surface area contributed by atoms with E-state index in [1.165, 1.54) is 12.4 Å². The highest BCUT2D eigenvalue weighted by molar-refractivity contribution is 6.04. The minimum Gasteiger partial charge on any atom is -0.355 e. The van der Waals surface area contributed by atoms with Crippen LogP contribution in [0.25, 0.3) is 11.3 Å². The van der Waals surface area contributed by atoms with E-state index in [0.29, 0.717) is 34.1 Å². The molecule has 0 spiro atoms. The second-order valence-corrected chi connectivity index (χ2v) is 8.25. The van der Waals surface area contributed by atoms with Crippen molar-refractivity contribution in [3.05, 3.63) is 89.5 Å². The molecule has 4 aromatic rings. The Balaban J connectivity index is 1.28. The number of halogens is 3. The fraction of sp³-hybridized carbons (Fsp3) is 0.200.